The van der Waals surface area contributed by atoms with Crippen LogP contribution in [0.1, 0.15) is 12.8 Å². The first-order valence-corrected chi connectivity index (χ1v) is 6.50. The Morgan fingerprint density at radius 1 is 1.00 bits per heavy atom. The third-order valence-corrected chi connectivity index (χ3v) is 4.18. The number of rotatable bonds is 6. The Bertz CT molecular complexity index is 85.0. The molecule has 0 radical (unpaired) electrons. The molecule has 0 fully saturated rings. The average molecular weight is 213 g/mol. The normalized spacial score (nSPS) is 10.7. The Kier molecular flexibility index (Phi) is 7.52. The molecule has 0 heterocycles. The molecule has 0 rings (SSSR count). The van der Waals surface area contributed by atoms with Gasteiger partial charge in [0.15, 0.2) is 0 Å². The van der Waals surface area contributed by atoms with E-state index in [9.17, 15) is 3.83 Å². The van der Waals surface area contributed by atoms with Crippen molar-refractivity contribution in [3.05, 3.63) is 0 Å². The molecule has 0 aliphatic heterocycles. The first-order chi connectivity index (χ1) is 4.81. The van der Waals surface area contributed by atoms with Crippen LogP contribution in [0.25, 0.3) is 0 Å². The van der Waals surface area contributed by atoms with E-state index in [1.807, 2.05) is 0 Å². The Labute approximate surface area is 65.1 Å². The molecule has 0 amide bonds. The second-order valence-corrected chi connectivity index (χ2v) is 5.56. The molecule has 3 nitrogen and oxygen atoms in total. The molecule has 0 aromatic carbocycles. The van der Waals surface area contributed by atoms with E-state index in [1.165, 1.54) is 0 Å². The molecule has 0 aliphatic rings. The average Bonchev–Trinajstić information content (AvgIpc) is 1.97. The first kappa shape index (κ1) is 10.2. The Morgan fingerprint density at radius 2 is 1.40 bits per heavy atom. The summed E-state index contributed by atoms with van der Waals surface area (Å²) in [6.45, 7) is 0.253. The van der Waals surface area contributed by atoms with Crippen molar-refractivity contribution in [3.63, 3.8) is 0 Å². The van der Waals surface area contributed by atoms with Crippen molar-refractivity contribution in [2.75, 3.05) is 13.2 Å². The summed E-state index contributed by atoms with van der Waals surface area (Å²) >= 11 is -1.69. The van der Waals surface area contributed by atoms with Crippen LogP contribution in [0.15, 0.2) is 0 Å². The minimum absolute atomic E-state index is 0.126. The summed E-state index contributed by atoms with van der Waals surface area (Å²) in [7, 11) is 0. The Hall–Kier alpha value is 0.239. The van der Waals surface area contributed by atoms with Crippen molar-refractivity contribution in [2.45, 2.75) is 23.5 Å². The second-order valence-electron chi connectivity index (χ2n) is 2.00. The standard InChI is InChI=1S/C6H14O3Se/c7-3-1-5-10(9)6-2-4-8/h7-8H,1-6H2. The molecule has 0 atom stereocenters. The number of aliphatic hydroxyl groups excluding tert-OH is 2. The summed E-state index contributed by atoms with van der Waals surface area (Å²) in [6.07, 6.45) is 1.28. The summed E-state index contributed by atoms with van der Waals surface area (Å²) < 4.78 is 10.9. The van der Waals surface area contributed by atoms with E-state index in [1.54, 1.807) is 0 Å². The van der Waals surface area contributed by atoms with Gasteiger partial charge in [-0.05, 0) is 0 Å². The SMILES string of the molecule is O=[Se](CCCO)CCCO. The van der Waals surface area contributed by atoms with Gasteiger partial charge in [-0.15, -0.1) is 0 Å². The van der Waals surface area contributed by atoms with Crippen LogP contribution in [0.3, 0.4) is 0 Å². The van der Waals surface area contributed by atoms with Crippen LogP contribution >= 0.6 is 0 Å². The number of aliphatic hydroxyl groups is 2. The van der Waals surface area contributed by atoms with Crippen LogP contribution in [0.2, 0.25) is 10.6 Å². The van der Waals surface area contributed by atoms with E-state index in [0.717, 1.165) is 0 Å². The molecule has 62 valence electrons. The van der Waals surface area contributed by atoms with E-state index in [0.29, 0.717) is 23.5 Å². The van der Waals surface area contributed by atoms with Gasteiger partial charge in [0.2, 0.25) is 0 Å². The Balaban J connectivity index is 3.09. The molecule has 0 unspecified atom stereocenters. The zero-order chi connectivity index (χ0) is 7.82. The molecule has 0 saturated heterocycles. The van der Waals surface area contributed by atoms with Crippen LogP contribution in [-0.2, 0) is 3.83 Å². The third kappa shape index (κ3) is 6.36. The van der Waals surface area contributed by atoms with E-state index < -0.39 is 13.8 Å². The van der Waals surface area contributed by atoms with Crippen LogP contribution < -0.4 is 0 Å². The quantitative estimate of drug-likeness (QED) is 0.618. The third-order valence-electron chi connectivity index (χ3n) is 1.06. The number of hydrogen-bond donors (Lipinski definition) is 2. The van der Waals surface area contributed by atoms with Crippen LogP contribution in [0.5, 0.6) is 0 Å². The van der Waals surface area contributed by atoms with Crippen LogP contribution in [-0.4, -0.2) is 37.3 Å². The molecule has 0 spiro atoms. The topological polar surface area (TPSA) is 57.5 Å². The van der Waals surface area contributed by atoms with Gasteiger partial charge in [-0.25, -0.2) is 0 Å². The van der Waals surface area contributed by atoms with Crippen molar-refractivity contribution in [1.82, 2.24) is 0 Å². The maximum atomic E-state index is 10.9. The van der Waals surface area contributed by atoms with Gasteiger partial charge >= 0.3 is 64.6 Å². The molecule has 10 heavy (non-hydrogen) atoms. The van der Waals surface area contributed by atoms with Crippen LogP contribution in [0, 0.1) is 0 Å². The van der Waals surface area contributed by atoms with Gasteiger partial charge in [0, 0.05) is 0 Å². The fourth-order valence-electron chi connectivity index (χ4n) is 0.553. The summed E-state index contributed by atoms with van der Waals surface area (Å²) in [5.41, 5.74) is 0. The summed E-state index contributed by atoms with van der Waals surface area (Å²) in [5.74, 6) is 0. The fraction of sp³-hybridized carbons (Fsp3) is 1.00. The van der Waals surface area contributed by atoms with Gasteiger partial charge in [0.1, 0.15) is 0 Å². The van der Waals surface area contributed by atoms with Gasteiger partial charge in [-0.1, -0.05) is 0 Å². The van der Waals surface area contributed by atoms with E-state index in [4.69, 9.17) is 10.2 Å². The molecule has 0 aromatic rings. The number of hydrogen-bond acceptors (Lipinski definition) is 3. The molecule has 0 bridgehead atoms. The van der Waals surface area contributed by atoms with Crippen molar-refractivity contribution >= 4 is 13.8 Å². The Morgan fingerprint density at radius 3 is 1.70 bits per heavy atom. The molecule has 0 aromatic heterocycles. The summed E-state index contributed by atoms with van der Waals surface area (Å²) in [4.78, 5) is 0. The van der Waals surface area contributed by atoms with Crippen molar-refractivity contribution in [3.8, 4) is 0 Å². The molecule has 2 N–H and O–H groups in total. The zero-order valence-corrected chi connectivity index (χ0v) is 7.67. The molecular weight excluding hydrogens is 199 g/mol. The summed E-state index contributed by atoms with van der Waals surface area (Å²) in [6, 6.07) is 0. The molecule has 4 heteroatoms. The van der Waals surface area contributed by atoms with Gasteiger partial charge in [0.25, 0.3) is 0 Å². The zero-order valence-electron chi connectivity index (χ0n) is 5.95. The monoisotopic (exact) mass is 214 g/mol. The fourth-order valence-corrected chi connectivity index (χ4v) is 2.87. The van der Waals surface area contributed by atoms with E-state index in [-0.39, 0.29) is 13.2 Å². The van der Waals surface area contributed by atoms with Gasteiger partial charge in [-0.2, -0.15) is 0 Å². The second kappa shape index (κ2) is 7.35. The van der Waals surface area contributed by atoms with Gasteiger partial charge in [-0.3, -0.25) is 0 Å². The van der Waals surface area contributed by atoms with Crippen molar-refractivity contribution in [1.29, 1.82) is 0 Å². The molecule has 0 saturated carbocycles. The van der Waals surface area contributed by atoms with E-state index >= 15 is 0 Å². The van der Waals surface area contributed by atoms with Crippen LogP contribution in [0.4, 0.5) is 0 Å². The van der Waals surface area contributed by atoms with Gasteiger partial charge < -0.3 is 0 Å². The predicted octanol–water partition coefficient (Wildman–Crippen LogP) is 0.173. The van der Waals surface area contributed by atoms with Gasteiger partial charge in [0.05, 0.1) is 0 Å². The maximum absolute atomic E-state index is 10.9. The molecule has 0 aliphatic carbocycles. The minimum atomic E-state index is -1.69. The first-order valence-electron chi connectivity index (χ1n) is 3.38. The van der Waals surface area contributed by atoms with Crippen molar-refractivity contribution in [2.24, 2.45) is 0 Å². The predicted molar refractivity (Wildman–Crippen MR) is 39.5 cm³/mol. The van der Waals surface area contributed by atoms with E-state index in [2.05, 4.69) is 0 Å². The summed E-state index contributed by atoms with van der Waals surface area (Å²) in [5, 5.41) is 18.0. The molecular formula is C6H14O3Se. The van der Waals surface area contributed by atoms with Crippen molar-refractivity contribution < 1.29 is 14.0 Å².